The van der Waals surface area contributed by atoms with E-state index < -0.39 is 0 Å². The topological polar surface area (TPSA) is 49.9 Å². The number of amides is 2. The Morgan fingerprint density at radius 2 is 2.12 bits per heavy atom. The van der Waals surface area contributed by atoms with Crippen molar-refractivity contribution in [1.29, 1.82) is 0 Å². The number of ether oxygens (including phenoxy) is 1. The molecule has 1 heterocycles. The molecule has 1 aromatic rings. The van der Waals surface area contributed by atoms with Crippen molar-refractivity contribution in [2.45, 2.75) is 58.5 Å². The Labute approximate surface area is 150 Å². The summed E-state index contributed by atoms with van der Waals surface area (Å²) < 4.78 is 5.29. The quantitative estimate of drug-likeness (QED) is 0.793. The van der Waals surface area contributed by atoms with Gasteiger partial charge in [-0.1, -0.05) is 12.1 Å². The van der Waals surface area contributed by atoms with E-state index in [-0.39, 0.29) is 23.9 Å². The first-order valence-electron chi connectivity index (χ1n) is 9.18. The van der Waals surface area contributed by atoms with Crippen LogP contribution in [0.25, 0.3) is 0 Å². The van der Waals surface area contributed by atoms with E-state index >= 15 is 0 Å². The van der Waals surface area contributed by atoms with Crippen LogP contribution in [0.15, 0.2) is 24.3 Å². The molecule has 25 heavy (non-hydrogen) atoms. The van der Waals surface area contributed by atoms with E-state index in [0.717, 1.165) is 37.1 Å². The van der Waals surface area contributed by atoms with Crippen molar-refractivity contribution in [3.05, 3.63) is 29.8 Å². The average molecular weight is 346 g/mol. The zero-order valence-electron chi connectivity index (χ0n) is 15.8. The molecule has 138 valence electrons. The molecular weight excluding hydrogens is 316 g/mol. The zero-order valence-corrected chi connectivity index (χ0v) is 15.8. The average Bonchev–Trinajstić information content (AvgIpc) is 2.62. The minimum absolute atomic E-state index is 0.0260. The third-order valence-corrected chi connectivity index (χ3v) is 5.15. The van der Waals surface area contributed by atoms with Gasteiger partial charge >= 0.3 is 0 Å². The van der Waals surface area contributed by atoms with Crippen LogP contribution in [-0.2, 0) is 9.59 Å². The summed E-state index contributed by atoms with van der Waals surface area (Å²) in [7, 11) is 1.64. The number of hydrogen-bond acceptors (Lipinski definition) is 3. The van der Waals surface area contributed by atoms with Gasteiger partial charge in [0.15, 0.2) is 0 Å². The second-order valence-electron chi connectivity index (χ2n) is 6.70. The van der Waals surface area contributed by atoms with Crippen LogP contribution < -0.4 is 4.74 Å². The molecule has 0 spiro atoms. The van der Waals surface area contributed by atoms with Crippen LogP contribution in [0, 0.1) is 0 Å². The van der Waals surface area contributed by atoms with Crippen molar-refractivity contribution in [2.75, 3.05) is 20.2 Å². The molecule has 0 saturated carbocycles. The lowest BCUT2D eigenvalue weighted by Crippen LogP contribution is -2.46. The molecular formula is C20H30N2O3. The fourth-order valence-electron chi connectivity index (χ4n) is 3.69. The van der Waals surface area contributed by atoms with Gasteiger partial charge in [0, 0.05) is 32.5 Å². The molecule has 0 aliphatic carbocycles. The zero-order chi connectivity index (χ0) is 18.4. The molecule has 1 aliphatic heterocycles. The van der Waals surface area contributed by atoms with Gasteiger partial charge in [-0.3, -0.25) is 9.59 Å². The number of carbonyl (C=O) groups is 2. The van der Waals surface area contributed by atoms with E-state index in [2.05, 4.69) is 0 Å². The van der Waals surface area contributed by atoms with Gasteiger partial charge in [-0.15, -0.1) is 0 Å². The Morgan fingerprint density at radius 1 is 1.36 bits per heavy atom. The first-order valence-corrected chi connectivity index (χ1v) is 9.18. The molecule has 2 atom stereocenters. The molecule has 1 fully saturated rings. The lowest BCUT2D eigenvalue weighted by molar-refractivity contribution is -0.138. The number of carbonyl (C=O) groups excluding carboxylic acids is 2. The van der Waals surface area contributed by atoms with Crippen LogP contribution in [0.2, 0.25) is 0 Å². The van der Waals surface area contributed by atoms with E-state index in [9.17, 15) is 9.59 Å². The van der Waals surface area contributed by atoms with Gasteiger partial charge in [0.2, 0.25) is 11.8 Å². The van der Waals surface area contributed by atoms with Crippen molar-refractivity contribution in [3.8, 4) is 5.75 Å². The second kappa shape index (κ2) is 8.88. The van der Waals surface area contributed by atoms with Crippen molar-refractivity contribution in [1.82, 2.24) is 9.80 Å². The third kappa shape index (κ3) is 4.74. The highest BCUT2D eigenvalue weighted by Crippen LogP contribution is 2.26. The van der Waals surface area contributed by atoms with Gasteiger partial charge in [-0.25, -0.2) is 0 Å². The number of rotatable bonds is 6. The molecule has 0 radical (unpaired) electrons. The molecule has 2 amide bonds. The van der Waals surface area contributed by atoms with E-state index in [1.54, 1.807) is 14.0 Å². The molecule has 0 unspecified atom stereocenters. The van der Waals surface area contributed by atoms with Crippen LogP contribution in [0.3, 0.4) is 0 Å². The summed E-state index contributed by atoms with van der Waals surface area (Å²) in [6, 6.07) is 7.85. The number of nitrogens with zero attached hydrogens (tertiary/aromatic N) is 2. The maximum atomic E-state index is 12.9. The number of likely N-dealkylation sites (tertiary alicyclic amines) is 1. The minimum atomic E-state index is -0.0260. The van der Waals surface area contributed by atoms with Crippen LogP contribution in [0.4, 0.5) is 0 Å². The fourth-order valence-corrected chi connectivity index (χ4v) is 3.69. The molecule has 1 saturated heterocycles. The monoisotopic (exact) mass is 346 g/mol. The summed E-state index contributed by atoms with van der Waals surface area (Å²) in [5.41, 5.74) is 1.06. The molecule has 1 aromatic carbocycles. The van der Waals surface area contributed by atoms with Crippen molar-refractivity contribution < 1.29 is 14.3 Å². The summed E-state index contributed by atoms with van der Waals surface area (Å²) in [4.78, 5) is 28.5. The summed E-state index contributed by atoms with van der Waals surface area (Å²) in [6.07, 6.45) is 3.43. The molecule has 0 bridgehead atoms. The second-order valence-corrected chi connectivity index (χ2v) is 6.70. The maximum absolute atomic E-state index is 12.9. The Kier molecular flexibility index (Phi) is 6.85. The summed E-state index contributed by atoms with van der Waals surface area (Å²) in [5.74, 6) is 0.972. The normalized spacial score (nSPS) is 18.6. The predicted octanol–water partition coefficient (Wildman–Crippen LogP) is 3.40. The summed E-state index contributed by atoms with van der Waals surface area (Å²) in [5, 5.41) is 0. The van der Waals surface area contributed by atoms with Crippen molar-refractivity contribution >= 4 is 11.8 Å². The van der Waals surface area contributed by atoms with Gasteiger partial charge in [-0.2, -0.15) is 0 Å². The molecule has 0 aromatic heterocycles. The SMILES string of the molecule is CCN(C(=O)C[C@@H]1CCCCN1C(C)=O)[C@@H](C)c1cccc(OC)c1. The minimum Gasteiger partial charge on any atom is -0.497 e. The highest BCUT2D eigenvalue weighted by atomic mass is 16.5. The van der Waals surface area contributed by atoms with Gasteiger partial charge in [-0.05, 0) is 50.8 Å². The highest BCUT2D eigenvalue weighted by molar-refractivity contribution is 5.79. The summed E-state index contributed by atoms with van der Waals surface area (Å²) in [6.45, 7) is 7.05. The summed E-state index contributed by atoms with van der Waals surface area (Å²) >= 11 is 0. The van der Waals surface area contributed by atoms with Crippen LogP contribution >= 0.6 is 0 Å². The Hall–Kier alpha value is -2.04. The number of hydrogen-bond donors (Lipinski definition) is 0. The number of piperidine rings is 1. The molecule has 5 heteroatoms. The van der Waals surface area contributed by atoms with Crippen LogP contribution in [0.5, 0.6) is 5.75 Å². The van der Waals surface area contributed by atoms with Gasteiger partial charge in [0.1, 0.15) is 5.75 Å². The van der Waals surface area contributed by atoms with Gasteiger partial charge < -0.3 is 14.5 Å². The molecule has 2 rings (SSSR count). The Bertz CT molecular complexity index is 602. The van der Waals surface area contributed by atoms with E-state index in [1.165, 1.54) is 0 Å². The first-order chi connectivity index (χ1) is 12.0. The van der Waals surface area contributed by atoms with Crippen molar-refractivity contribution in [2.24, 2.45) is 0 Å². The standard InChI is InChI=1S/C20H30N2O3/c1-5-21(15(2)17-9-8-11-19(13-17)25-4)20(24)14-18-10-6-7-12-22(18)16(3)23/h8-9,11,13,15,18H,5-7,10,12,14H2,1-4H3/t15-,18-/m0/s1. The first kappa shape index (κ1) is 19.3. The van der Waals surface area contributed by atoms with Crippen LogP contribution in [0.1, 0.15) is 58.1 Å². The number of methoxy groups -OCH3 is 1. The molecule has 0 N–H and O–H groups in total. The Balaban J connectivity index is 2.10. The highest BCUT2D eigenvalue weighted by Gasteiger charge is 2.29. The molecule has 5 nitrogen and oxygen atoms in total. The lowest BCUT2D eigenvalue weighted by Gasteiger charge is -2.37. The van der Waals surface area contributed by atoms with Gasteiger partial charge in [0.25, 0.3) is 0 Å². The van der Waals surface area contributed by atoms with E-state index in [4.69, 9.17) is 4.74 Å². The largest absolute Gasteiger partial charge is 0.497 e. The lowest BCUT2D eigenvalue weighted by atomic mass is 9.98. The van der Waals surface area contributed by atoms with E-state index in [1.807, 2.05) is 47.9 Å². The molecule has 1 aliphatic rings. The third-order valence-electron chi connectivity index (χ3n) is 5.15. The van der Waals surface area contributed by atoms with Crippen LogP contribution in [-0.4, -0.2) is 47.9 Å². The van der Waals surface area contributed by atoms with Gasteiger partial charge in [0.05, 0.1) is 13.2 Å². The van der Waals surface area contributed by atoms with Crippen molar-refractivity contribution in [3.63, 3.8) is 0 Å². The predicted molar refractivity (Wildman–Crippen MR) is 98.4 cm³/mol. The maximum Gasteiger partial charge on any atom is 0.225 e. The Morgan fingerprint density at radius 3 is 2.76 bits per heavy atom. The number of benzene rings is 1. The smallest absolute Gasteiger partial charge is 0.225 e. The fraction of sp³-hybridized carbons (Fsp3) is 0.600. The van der Waals surface area contributed by atoms with E-state index in [0.29, 0.717) is 13.0 Å².